The second-order valence-corrected chi connectivity index (χ2v) is 5.20. The summed E-state index contributed by atoms with van der Waals surface area (Å²) in [5, 5.41) is 12.4. The van der Waals surface area contributed by atoms with E-state index < -0.39 is 0 Å². The highest BCUT2D eigenvalue weighted by molar-refractivity contribution is 5.46. The number of anilines is 1. The summed E-state index contributed by atoms with van der Waals surface area (Å²) in [7, 11) is 0. The quantitative estimate of drug-likeness (QED) is 0.758. The molecule has 0 aromatic heterocycles. The van der Waals surface area contributed by atoms with Gasteiger partial charge in [0.15, 0.2) is 0 Å². The molecule has 2 nitrogen and oxygen atoms in total. The molecule has 0 aliphatic rings. The summed E-state index contributed by atoms with van der Waals surface area (Å²) in [5.41, 5.74) is 2.48. The van der Waals surface area contributed by atoms with Crippen LogP contribution in [0.15, 0.2) is 24.3 Å². The predicted octanol–water partition coefficient (Wildman–Crippen LogP) is 3.46. The van der Waals surface area contributed by atoms with Crippen molar-refractivity contribution < 1.29 is 5.11 Å². The fourth-order valence-corrected chi connectivity index (χ4v) is 2.15. The van der Waals surface area contributed by atoms with E-state index in [9.17, 15) is 0 Å². The van der Waals surface area contributed by atoms with Crippen molar-refractivity contribution in [1.29, 1.82) is 0 Å². The lowest BCUT2D eigenvalue weighted by Gasteiger charge is -2.17. The van der Waals surface area contributed by atoms with Crippen molar-refractivity contribution in [3.05, 3.63) is 29.8 Å². The highest BCUT2D eigenvalue weighted by atomic mass is 16.2. The smallest absolute Gasteiger partial charge is 0.0434 e. The summed E-state index contributed by atoms with van der Waals surface area (Å²) in [6.07, 6.45) is 2.97. The SMILES string of the molecule is CC(C)CC(C)Nc1cccc(CCCO)c1. The highest BCUT2D eigenvalue weighted by Gasteiger charge is 2.05. The molecular weight excluding hydrogens is 210 g/mol. The molecule has 0 fully saturated rings. The molecule has 0 saturated carbocycles. The Morgan fingerprint density at radius 3 is 2.65 bits per heavy atom. The van der Waals surface area contributed by atoms with Crippen molar-refractivity contribution in [1.82, 2.24) is 0 Å². The topological polar surface area (TPSA) is 32.3 Å². The normalized spacial score (nSPS) is 12.8. The lowest BCUT2D eigenvalue weighted by Crippen LogP contribution is -2.17. The Bertz CT molecular complexity index is 322. The molecule has 0 aliphatic carbocycles. The van der Waals surface area contributed by atoms with Gasteiger partial charge in [-0.2, -0.15) is 0 Å². The van der Waals surface area contributed by atoms with Crippen LogP contribution in [0.2, 0.25) is 0 Å². The Morgan fingerprint density at radius 2 is 2.00 bits per heavy atom. The Morgan fingerprint density at radius 1 is 1.24 bits per heavy atom. The third-order valence-electron chi connectivity index (χ3n) is 2.79. The molecule has 0 saturated heterocycles. The maximum atomic E-state index is 8.83. The van der Waals surface area contributed by atoms with E-state index in [4.69, 9.17) is 5.11 Å². The molecule has 1 aromatic carbocycles. The molecule has 0 aliphatic heterocycles. The lowest BCUT2D eigenvalue weighted by molar-refractivity contribution is 0.288. The average Bonchev–Trinajstić information content (AvgIpc) is 2.25. The summed E-state index contributed by atoms with van der Waals surface area (Å²) in [6, 6.07) is 9.00. The summed E-state index contributed by atoms with van der Waals surface area (Å²) in [5.74, 6) is 0.718. The van der Waals surface area contributed by atoms with Gasteiger partial charge in [0.25, 0.3) is 0 Å². The van der Waals surface area contributed by atoms with E-state index in [-0.39, 0.29) is 6.61 Å². The van der Waals surface area contributed by atoms with Gasteiger partial charge in [0, 0.05) is 18.3 Å². The second-order valence-electron chi connectivity index (χ2n) is 5.20. The maximum Gasteiger partial charge on any atom is 0.0434 e. The second kappa shape index (κ2) is 7.33. The fourth-order valence-electron chi connectivity index (χ4n) is 2.15. The Kier molecular flexibility index (Phi) is 6.06. The maximum absolute atomic E-state index is 8.83. The standard InChI is InChI=1S/C15H25NO/c1-12(2)10-13(3)16-15-8-4-6-14(11-15)7-5-9-17/h4,6,8,11-13,16-17H,5,7,9-10H2,1-3H3. The molecule has 0 heterocycles. The van der Waals surface area contributed by atoms with Crippen LogP contribution in [-0.4, -0.2) is 17.8 Å². The molecule has 0 radical (unpaired) electrons. The molecule has 1 aromatic rings. The molecule has 96 valence electrons. The number of benzene rings is 1. The van der Waals surface area contributed by atoms with E-state index in [0.717, 1.165) is 18.8 Å². The first-order chi connectivity index (χ1) is 8.11. The summed E-state index contributed by atoms with van der Waals surface area (Å²) in [4.78, 5) is 0. The number of hydrogen-bond donors (Lipinski definition) is 2. The average molecular weight is 235 g/mol. The molecule has 0 spiro atoms. The molecule has 0 bridgehead atoms. The number of nitrogens with one attached hydrogen (secondary N) is 1. The number of aliphatic hydroxyl groups excluding tert-OH is 1. The van der Waals surface area contributed by atoms with E-state index in [0.29, 0.717) is 6.04 Å². The molecule has 1 unspecified atom stereocenters. The summed E-state index contributed by atoms with van der Waals surface area (Å²) >= 11 is 0. The number of aliphatic hydroxyl groups is 1. The van der Waals surface area contributed by atoms with Gasteiger partial charge in [-0.25, -0.2) is 0 Å². The van der Waals surface area contributed by atoms with Gasteiger partial charge in [-0.1, -0.05) is 26.0 Å². The molecule has 17 heavy (non-hydrogen) atoms. The van der Waals surface area contributed by atoms with Crippen molar-refractivity contribution in [2.75, 3.05) is 11.9 Å². The van der Waals surface area contributed by atoms with E-state index in [1.54, 1.807) is 0 Å². The van der Waals surface area contributed by atoms with Crippen LogP contribution in [0.5, 0.6) is 0 Å². The van der Waals surface area contributed by atoms with Crippen LogP contribution < -0.4 is 5.32 Å². The number of aryl methyl sites for hydroxylation is 1. The third-order valence-corrected chi connectivity index (χ3v) is 2.79. The molecule has 2 heteroatoms. The minimum absolute atomic E-state index is 0.265. The van der Waals surface area contributed by atoms with Crippen LogP contribution in [0.25, 0.3) is 0 Å². The van der Waals surface area contributed by atoms with E-state index in [2.05, 4.69) is 50.4 Å². The fraction of sp³-hybridized carbons (Fsp3) is 0.600. The zero-order chi connectivity index (χ0) is 12.7. The van der Waals surface area contributed by atoms with Crippen LogP contribution in [0.1, 0.15) is 39.2 Å². The third kappa shape index (κ3) is 5.73. The van der Waals surface area contributed by atoms with Gasteiger partial charge < -0.3 is 10.4 Å². The van der Waals surface area contributed by atoms with Crippen LogP contribution in [0.4, 0.5) is 5.69 Å². The van der Waals surface area contributed by atoms with Crippen molar-refractivity contribution in [2.24, 2.45) is 5.92 Å². The van der Waals surface area contributed by atoms with Crippen molar-refractivity contribution in [2.45, 2.75) is 46.1 Å². The number of hydrogen-bond acceptors (Lipinski definition) is 2. The van der Waals surface area contributed by atoms with Gasteiger partial charge in [0.2, 0.25) is 0 Å². The monoisotopic (exact) mass is 235 g/mol. The first-order valence-electron chi connectivity index (χ1n) is 6.58. The van der Waals surface area contributed by atoms with Gasteiger partial charge in [0.1, 0.15) is 0 Å². The van der Waals surface area contributed by atoms with E-state index >= 15 is 0 Å². The highest BCUT2D eigenvalue weighted by Crippen LogP contribution is 2.15. The van der Waals surface area contributed by atoms with Crippen LogP contribution in [-0.2, 0) is 6.42 Å². The van der Waals surface area contributed by atoms with Crippen molar-refractivity contribution in [3.63, 3.8) is 0 Å². The molecule has 1 atom stereocenters. The largest absolute Gasteiger partial charge is 0.396 e. The van der Waals surface area contributed by atoms with E-state index in [1.807, 2.05) is 0 Å². The van der Waals surface area contributed by atoms with Gasteiger partial charge >= 0.3 is 0 Å². The minimum atomic E-state index is 0.265. The Balaban J connectivity index is 2.52. The Labute approximate surface area is 105 Å². The van der Waals surface area contributed by atoms with E-state index in [1.165, 1.54) is 17.7 Å². The van der Waals surface area contributed by atoms with Crippen LogP contribution >= 0.6 is 0 Å². The zero-order valence-corrected chi connectivity index (χ0v) is 11.2. The first-order valence-corrected chi connectivity index (χ1v) is 6.58. The van der Waals surface area contributed by atoms with Gasteiger partial charge in [0.05, 0.1) is 0 Å². The van der Waals surface area contributed by atoms with Crippen LogP contribution in [0.3, 0.4) is 0 Å². The predicted molar refractivity (Wildman–Crippen MR) is 74.4 cm³/mol. The summed E-state index contributed by atoms with van der Waals surface area (Å²) in [6.45, 7) is 6.98. The van der Waals surface area contributed by atoms with Crippen LogP contribution in [0, 0.1) is 5.92 Å². The molecular formula is C15H25NO. The minimum Gasteiger partial charge on any atom is -0.396 e. The zero-order valence-electron chi connectivity index (χ0n) is 11.2. The Hall–Kier alpha value is -1.02. The number of rotatable bonds is 7. The van der Waals surface area contributed by atoms with Gasteiger partial charge in [-0.3, -0.25) is 0 Å². The molecule has 2 N–H and O–H groups in total. The summed E-state index contributed by atoms with van der Waals surface area (Å²) < 4.78 is 0. The van der Waals surface area contributed by atoms with Gasteiger partial charge in [-0.15, -0.1) is 0 Å². The first kappa shape index (κ1) is 14.0. The molecule has 1 rings (SSSR count). The lowest BCUT2D eigenvalue weighted by atomic mass is 10.0. The van der Waals surface area contributed by atoms with Gasteiger partial charge in [-0.05, 0) is 49.8 Å². The van der Waals surface area contributed by atoms with Crippen molar-refractivity contribution >= 4 is 5.69 Å². The molecule has 0 amide bonds. The van der Waals surface area contributed by atoms with Crippen molar-refractivity contribution in [3.8, 4) is 0 Å².